The molecule has 0 heterocycles. The third-order valence-corrected chi connectivity index (χ3v) is 5.70. The van der Waals surface area contributed by atoms with Gasteiger partial charge in [-0.15, -0.1) is 0 Å². The molecule has 1 N–H and O–H groups in total. The molecule has 0 spiro atoms. The third-order valence-electron chi connectivity index (χ3n) is 4.25. The number of carbonyl (C=O) groups is 1. The van der Waals surface area contributed by atoms with Crippen LogP contribution in [0.3, 0.4) is 0 Å². The van der Waals surface area contributed by atoms with Crippen molar-refractivity contribution in [2.45, 2.75) is 88.8 Å². The van der Waals surface area contributed by atoms with Crippen molar-refractivity contribution < 1.29 is 9.53 Å². The summed E-state index contributed by atoms with van der Waals surface area (Å²) in [6.45, 7) is 10.7. The van der Waals surface area contributed by atoms with E-state index in [9.17, 15) is 4.79 Å². The van der Waals surface area contributed by atoms with E-state index in [1.54, 1.807) is 0 Å². The second kappa shape index (κ2) is 8.42. The van der Waals surface area contributed by atoms with Gasteiger partial charge in [-0.25, -0.2) is 0 Å². The molecule has 0 saturated heterocycles. The van der Waals surface area contributed by atoms with Crippen LogP contribution < -0.4 is 5.32 Å². The fraction of sp³-hybridized carbons (Fsp3) is 0.941. The van der Waals surface area contributed by atoms with E-state index in [1.165, 1.54) is 32.8 Å². The van der Waals surface area contributed by atoms with Gasteiger partial charge in [0, 0.05) is 16.5 Å². The van der Waals surface area contributed by atoms with Gasteiger partial charge in [-0.05, 0) is 46.0 Å². The summed E-state index contributed by atoms with van der Waals surface area (Å²) in [7, 11) is 1.48. The molecule has 0 bridgehead atoms. The summed E-state index contributed by atoms with van der Waals surface area (Å²) in [4.78, 5) is 12.2. The lowest BCUT2D eigenvalue weighted by molar-refractivity contribution is -0.148. The molecule has 1 fully saturated rings. The first-order valence-corrected chi connectivity index (χ1v) is 9.22. The molecule has 1 aliphatic carbocycles. The number of methoxy groups -OCH3 is 1. The fourth-order valence-electron chi connectivity index (χ4n) is 3.52. The maximum absolute atomic E-state index is 12.2. The van der Waals surface area contributed by atoms with E-state index in [1.807, 2.05) is 6.92 Å². The van der Waals surface area contributed by atoms with Crippen molar-refractivity contribution in [1.82, 2.24) is 5.32 Å². The highest BCUT2D eigenvalue weighted by Gasteiger charge is 2.37. The van der Waals surface area contributed by atoms with Crippen molar-refractivity contribution in [1.29, 1.82) is 0 Å². The lowest BCUT2D eigenvalue weighted by atomic mass is 9.90. The van der Waals surface area contributed by atoms with E-state index in [-0.39, 0.29) is 12.0 Å². The van der Waals surface area contributed by atoms with Crippen LogP contribution in [0.2, 0.25) is 0 Å². The summed E-state index contributed by atoms with van der Waals surface area (Å²) < 4.78 is 5.01. The molecular weight excluding hydrogens is 282 g/mol. The highest BCUT2D eigenvalue weighted by atomic mass is 32.2. The van der Waals surface area contributed by atoms with Gasteiger partial charge in [0.25, 0.3) is 0 Å². The second-order valence-electron chi connectivity index (χ2n) is 7.17. The van der Waals surface area contributed by atoms with Crippen LogP contribution in [0.25, 0.3) is 0 Å². The molecule has 124 valence electrons. The van der Waals surface area contributed by atoms with Crippen molar-refractivity contribution in [3.63, 3.8) is 0 Å². The van der Waals surface area contributed by atoms with Crippen LogP contribution in [0, 0.1) is 5.92 Å². The summed E-state index contributed by atoms with van der Waals surface area (Å²) in [5.41, 5.74) is -0.588. The van der Waals surface area contributed by atoms with Crippen LogP contribution in [0.5, 0.6) is 0 Å². The van der Waals surface area contributed by atoms with Crippen molar-refractivity contribution in [3.8, 4) is 0 Å². The van der Waals surface area contributed by atoms with E-state index in [4.69, 9.17) is 4.74 Å². The predicted octanol–water partition coefficient (Wildman–Crippen LogP) is 4.01. The summed E-state index contributed by atoms with van der Waals surface area (Å²) in [5.74, 6) is 0.699. The molecular formula is C17H33NO2S. The molecule has 0 amide bonds. The van der Waals surface area contributed by atoms with Crippen LogP contribution in [0.1, 0.15) is 66.7 Å². The monoisotopic (exact) mass is 315 g/mol. The molecule has 0 aromatic carbocycles. The highest BCUT2D eigenvalue weighted by Crippen LogP contribution is 2.36. The zero-order chi connectivity index (χ0) is 16.0. The Balaban J connectivity index is 2.58. The molecule has 1 aliphatic rings. The van der Waals surface area contributed by atoms with Gasteiger partial charge in [-0.2, -0.15) is 11.8 Å². The van der Waals surface area contributed by atoms with Gasteiger partial charge in [0.1, 0.15) is 5.54 Å². The summed E-state index contributed by atoms with van der Waals surface area (Å²) in [6.07, 6.45) is 6.19. The summed E-state index contributed by atoms with van der Waals surface area (Å²) in [5, 5.41) is 4.60. The fourth-order valence-corrected chi connectivity index (χ4v) is 5.35. The lowest BCUT2D eigenvalue weighted by Gasteiger charge is -2.34. The van der Waals surface area contributed by atoms with Gasteiger partial charge in [-0.1, -0.05) is 26.7 Å². The first-order valence-electron chi connectivity index (χ1n) is 8.28. The molecule has 0 aromatic rings. The van der Waals surface area contributed by atoms with Crippen LogP contribution in [-0.4, -0.2) is 35.2 Å². The summed E-state index contributed by atoms with van der Waals surface area (Å²) in [6, 6.07) is 0.265. The zero-order valence-electron chi connectivity index (χ0n) is 14.6. The predicted molar refractivity (Wildman–Crippen MR) is 91.8 cm³/mol. The molecule has 4 atom stereocenters. The number of ether oxygens (including phenoxy) is 1. The quantitative estimate of drug-likeness (QED) is 0.721. The van der Waals surface area contributed by atoms with Crippen LogP contribution >= 0.6 is 11.8 Å². The van der Waals surface area contributed by atoms with Crippen molar-refractivity contribution in [2.75, 3.05) is 7.11 Å². The van der Waals surface area contributed by atoms with Gasteiger partial charge in [0.15, 0.2) is 0 Å². The molecule has 21 heavy (non-hydrogen) atoms. The normalized spacial score (nSPS) is 27.2. The number of thioether (sulfide) groups is 1. The number of nitrogens with one attached hydrogen (secondary N) is 1. The maximum Gasteiger partial charge on any atom is 0.325 e. The van der Waals surface area contributed by atoms with Gasteiger partial charge in [0.05, 0.1) is 7.11 Å². The van der Waals surface area contributed by atoms with E-state index in [0.29, 0.717) is 5.25 Å². The number of hydrogen-bond acceptors (Lipinski definition) is 4. The molecule has 1 rings (SSSR count). The van der Waals surface area contributed by atoms with E-state index in [0.717, 1.165) is 17.6 Å². The molecule has 0 aliphatic heterocycles. The minimum Gasteiger partial charge on any atom is -0.468 e. The largest absolute Gasteiger partial charge is 0.468 e. The third kappa shape index (κ3) is 6.19. The highest BCUT2D eigenvalue weighted by molar-refractivity contribution is 8.00. The SMILES string of the molecule is COC(=O)C(C)(CC(C)SC1CCCC(C)C1)NC(C)C. The molecule has 4 heteroatoms. The Bertz CT molecular complexity index is 335. The van der Waals surface area contributed by atoms with Crippen molar-refractivity contribution in [3.05, 3.63) is 0 Å². The maximum atomic E-state index is 12.2. The standard InChI is InChI=1S/C17H33NO2S/c1-12(2)18-17(5,16(19)20-6)11-14(4)21-15-9-7-8-13(3)10-15/h12-15,18H,7-11H2,1-6H3. The van der Waals surface area contributed by atoms with E-state index in [2.05, 4.69) is 44.8 Å². The smallest absolute Gasteiger partial charge is 0.325 e. The number of hydrogen-bond donors (Lipinski definition) is 1. The Kier molecular flexibility index (Phi) is 7.55. The Labute approximate surface area is 135 Å². The van der Waals surface area contributed by atoms with Crippen LogP contribution in [-0.2, 0) is 9.53 Å². The zero-order valence-corrected chi connectivity index (χ0v) is 15.4. The van der Waals surface area contributed by atoms with Crippen molar-refractivity contribution >= 4 is 17.7 Å². The Morgan fingerprint density at radius 1 is 1.38 bits per heavy atom. The van der Waals surface area contributed by atoms with Gasteiger partial charge < -0.3 is 4.74 Å². The number of carbonyl (C=O) groups excluding carboxylic acids is 1. The molecule has 4 unspecified atom stereocenters. The van der Waals surface area contributed by atoms with E-state index < -0.39 is 5.54 Å². The van der Waals surface area contributed by atoms with Crippen molar-refractivity contribution in [2.24, 2.45) is 5.92 Å². The van der Waals surface area contributed by atoms with Crippen LogP contribution in [0.4, 0.5) is 0 Å². The van der Waals surface area contributed by atoms with Gasteiger partial charge in [0.2, 0.25) is 0 Å². The Morgan fingerprint density at radius 2 is 2.05 bits per heavy atom. The second-order valence-corrected chi connectivity index (χ2v) is 8.91. The van der Waals surface area contributed by atoms with Gasteiger partial charge in [-0.3, -0.25) is 10.1 Å². The lowest BCUT2D eigenvalue weighted by Crippen LogP contribution is -2.54. The average molecular weight is 316 g/mol. The van der Waals surface area contributed by atoms with Crippen LogP contribution in [0.15, 0.2) is 0 Å². The number of esters is 1. The van der Waals surface area contributed by atoms with E-state index >= 15 is 0 Å². The molecule has 1 saturated carbocycles. The molecule has 0 radical (unpaired) electrons. The first-order chi connectivity index (χ1) is 9.76. The topological polar surface area (TPSA) is 38.3 Å². The average Bonchev–Trinajstić information content (AvgIpc) is 2.36. The molecule has 3 nitrogen and oxygen atoms in total. The summed E-state index contributed by atoms with van der Waals surface area (Å²) >= 11 is 2.06. The Hall–Kier alpha value is -0.220. The minimum absolute atomic E-state index is 0.152. The molecule has 0 aromatic heterocycles. The first kappa shape index (κ1) is 18.8. The number of rotatable bonds is 7. The Morgan fingerprint density at radius 3 is 2.57 bits per heavy atom. The van der Waals surface area contributed by atoms with Gasteiger partial charge >= 0.3 is 5.97 Å². The minimum atomic E-state index is -0.588.